The minimum absolute atomic E-state index is 0.199. The molecule has 1 saturated carbocycles. The molecule has 11 heteroatoms. The molecule has 0 aromatic heterocycles. The van der Waals surface area contributed by atoms with E-state index in [1.165, 1.54) is 31.1 Å². The largest absolute Gasteiger partial charge is 0.343 e. The third-order valence-corrected chi connectivity index (χ3v) is 6.98. The van der Waals surface area contributed by atoms with E-state index in [0.29, 0.717) is 11.1 Å². The molecule has 3 atom stereocenters. The van der Waals surface area contributed by atoms with Gasteiger partial charge in [0.2, 0.25) is 17.7 Å². The number of nitrogens with zero attached hydrogens (tertiary/aromatic N) is 2. The summed E-state index contributed by atoms with van der Waals surface area (Å²) in [5.74, 6) is -5.24. The van der Waals surface area contributed by atoms with Gasteiger partial charge in [0.05, 0.1) is 19.1 Å². The smallest absolute Gasteiger partial charge is 0.317 e. The van der Waals surface area contributed by atoms with E-state index in [-0.39, 0.29) is 18.5 Å². The Kier molecular flexibility index (Phi) is 7.94. The lowest BCUT2D eigenvalue weighted by Crippen LogP contribution is -2.50. The Morgan fingerprint density at radius 2 is 1.76 bits per heavy atom. The van der Waals surface area contributed by atoms with Crippen LogP contribution in [0.15, 0.2) is 48.5 Å². The second-order valence-electron chi connectivity index (χ2n) is 10.0. The molecule has 2 aromatic rings. The van der Waals surface area contributed by atoms with E-state index in [2.05, 4.69) is 10.6 Å². The van der Waals surface area contributed by atoms with Crippen LogP contribution in [0, 0.1) is 5.82 Å². The number of carbonyl (C=O) groups excluding carboxylic acids is 3. The first kappa shape index (κ1) is 27.4. The fraction of sp³-hybridized carbons (Fsp3) is 0.444. The average Bonchev–Trinajstić information content (AvgIpc) is 3.26. The van der Waals surface area contributed by atoms with Gasteiger partial charge in [-0.15, -0.1) is 0 Å². The van der Waals surface area contributed by atoms with Crippen molar-refractivity contribution < 1.29 is 31.9 Å². The van der Waals surface area contributed by atoms with Crippen LogP contribution in [0.3, 0.4) is 0 Å². The zero-order valence-corrected chi connectivity index (χ0v) is 21.1. The molecular weight excluding hydrogens is 504 g/mol. The maximum atomic E-state index is 15.0. The van der Waals surface area contributed by atoms with Crippen molar-refractivity contribution in [2.75, 3.05) is 27.2 Å². The molecule has 2 N–H and O–H groups in total. The Morgan fingerprint density at radius 3 is 2.37 bits per heavy atom. The minimum Gasteiger partial charge on any atom is -0.343 e. The van der Waals surface area contributed by atoms with Crippen molar-refractivity contribution in [3.05, 3.63) is 71.0 Å². The van der Waals surface area contributed by atoms with Crippen molar-refractivity contribution in [3.8, 4) is 0 Å². The molecule has 0 bridgehead atoms. The van der Waals surface area contributed by atoms with Gasteiger partial charge in [-0.2, -0.15) is 0 Å². The van der Waals surface area contributed by atoms with Gasteiger partial charge in [-0.3, -0.25) is 9.59 Å². The maximum absolute atomic E-state index is 15.0. The molecule has 4 rings (SSSR count). The first-order chi connectivity index (χ1) is 17.9. The molecule has 1 saturated heterocycles. The first-order valence-electron chi connectivity index (χ1n) is 12.4. The normalized spacial score (nSPS) is 21.4. The Balaban J connectivity index is 1.53. The van der Waals surface area contributed by atoms with Crippen LogP contribution >= 0.6 is 0 Å². The van der Waals surface area contributed by atoms with Crippen LogP contribution in [0.2, 0.25) is 0 Å². The number of hydrogen-bond donors (Lipinski definition) is 2. The molecule has 2 aliphatic rings. The molecule has 4 amide bonds. The summed E-state index contributed by atoms with van der Waals surface area (Å²) in [6.45, 7) is -0.692. The van der Waals surface area contributed by atoms with Crippen LogP contribution in [0.4, 0.5) is 22.4 Å². The van der Waals surface area contributed by atoms with E-state index in [9.17, 15) is 27.6 Å². The van der Waals surface area contributed by atoms with Crippen LogP contribution in [-0.2, 0) is 9.59 Å². The van der Waals surface area contributed by atoms with E-state index in [1.54, 1.807) is 36.4 Å². The molecule has 1 heterocycles. The molecule has 0 spiro atoms. The van der Waals surface area contributed by atoms with Crippen molar-refractivity contribution in [1.82, 2.24) is 20.4 Å². The summed E-state index contributed by atoms with van der Waals surface area (Å²) in [6, 6.07) is 10.5. The maximum Gasteiger partial charge on any atom is 0.317 e. The van der Waals surface area contributed by atoms with Crippen molar-refractivity contribution in [2.24, 2.45) is 0 Å². The third-order valence-electron chi connectivity index (χ3n) is 6.98. The zero-order valence-electron chi connectivity index (χ0n) is 21.1. The fourth-order valence-corrected chi connectivity index (χ4v) is 4.90. The standard InChI is InChI=1S/C27H30F4N4O3/c1-34(2)26(38)32-14-23(36)35-15-19(28)11-22(35)25(37)33-24(16-6-4-3-5-7-16)17-8-9-20(21(29)10-17)18-12-27(30,31)13-18/h3-10,18-19,22,24H,11-15H2,1-2H3,(H,32,38)(H,33,37). The number of nitrogens with one attached hydrogen (secondary N) is 2. The molecule has 38 heavy (non-hydrogen) atoms. The Morgan fingerprint density at radius 1 is 1.08 bits per heavy atom. The average molecular weight is 535 g/mol. The van der Waals surface area contributed by atoms with Gasteiger partial charge < -0.3 is 20.4 Å². The summed E-state index contributed by atoms with van der Waals surface area (Å²) < 4.78 is 56.0. The number of rotatable bonds is 7. The van der Waals surface area contributed by atoms with Crippen LogP contribution in [-0.4, -0.2) is 73.0 Å². The van der Waals surface area contributed by atoms with Gasteiger partial charge in [0.25, 0.3) is 0 Å². The second kappa shape index (κ2) is 11.0. The van der Waals surface area contributed by atoms with Gasteiger partial charge in [0, 0.05) is 33.4 Å². The predicted octanol–water partition coefficient (Wildman–Crippen LogP) is 3.75. The van der Waals surface area contributed by atoms with E-state index >= 15 is 4.39 Å². The van der Waals surface area contributed by atoms with E-state index < -0.39 is 73.1 Å². The summed E-state index contributed by atoms with van der Waals surface area (Å²) in [6.07, 6.45) is -2.46. The number of carbonyl (C=O) groups is 3. The second-order valence-corrected chi connectivity index (χ2v) is 10.0. The lowest BCUT2D eigenvalue weighted by Gasteiger charge is -2.35. The van der Waals surface area contributed by atoms with Crippen molar-refractivity contribution in [1.29, 1.82) is 0 Å². The SMILES string of the molecule is CN(C)C(=O)NCC(=O)N1CC(F)CC1C(=O)NC(c1ccccc1)c1ccc(C2CC(F)(F)C2)c(F)c1. The number of halogens is 4. The van der Waals surface area contributed by atoms with Crippen LogP contribution in [0.25, 0.3) is 0 Å². The molecule has 7 nitrogen and oxygen atoms in total. The molecular formula is C27H30F4N4O3. The number of benzene rings is 2. The molecule has 1 aliphatic heterocycles. The topological polar surface area (TPSA) is 81.8 Å². The molecule has 0 radical (unpaired) electrons. The van der Waals surface area contributed by atoms with Gasteiger partial charge in [0.1, 0.15) is 18.0 Å². The van der Waals surface area contributed by atoms with Gasteiger partial charge in [-0.05, 0) is 28.7 Å². The highest BCUT2D eigenvalue weighted by molar-refractivity contribution is 5.91. The Labute approximate surface area is 218 Å². The van der Waals surface area contributed by atoms with E-state index in [1.807, 2.05) is 0 Å². The summed E-state index contributed by atoms with van der Waals surface area (Å²) in [4.78, 5) is 40.2. The highest BCUT2D eigenvalue weighted by Gasteiger charge is 2.47. The molecule has 2 fully saturated rings. The van der Waals surface area contributed by atoms with Gasteiger partial charge in [-0.1, -0.05) is 42.5 Å². The van der Waals surface area contributed by atoms with Gasteiger partial charge in [0.15, 0.2) is 0 Å². The van der Waals surface area contributed by atoms with Crippen molar-refractivity contribution in [3.63, 3.8) is 0 Å². The summed E-state index contributed by atoms with van der Waals surface area (Å²) in [5.41, 5.74) is 1.20. The highest BCUT2D eigenvalue weighted by Crippen LogP contribution is 2.49. The quantitative estimate of drug-likeness (QED) is 0.531. The van der Waals surface area contributed by atoms with Crippen LogP contribution in [0.5, 0.6) is 0 Å². The van der Waals surface area contributed by atoms with Crippen LogP contribution in [0.1, 0.15) is 47.9 Å². The van der Waals surface area contributed by atoms with E-state index in [0.717, 1.165) is 4.90 Å². The summed E-state index contributed by atoms with van der Waals surface area (Å²) in [7, 11) is 3.01. The summed E-state index contributed by atoms with van der Waals surface area (Å²) >= 11 is 0. The van der Waals surface area contributed by atoms with Crippen LogP contribution < -0.4 is 10.6 Å². The summed E-state index contributed by atoms with van der Waals surface area (Å²) in [5, 5.41) is 5.23. The molecule has 2 aromatic carbocycles. The highest BCUT2D eigenvalue weighted by atomic mass is 19.3. The lowest BCUT2D eigenvalue weighted by molar-refractivity contribution is -0.137. The molecule has 3 unspecified atom stereocenters. The minimum atomic E-state index is -2.79. The number of amides is 4. The molecule has 204 valence electrons. The van der Waals surface area contributed by atoms with Gasteiger partial charge >= 0.3 is 6.03 Å². The number of alkyl halides is 3. The van der Waals surface area contributed by atoms with Gasteiger partial charge in [-0.25, -0.2) is 22.4 Å². The lowest BCUT2D eigenvalue weighted by atomic mass is 9.76. The number of hydrogen-bond acceptors (Lipinski definition) is 3. The molecule has 1 aliphatic carbocycles. The van der Waals surface area contributed by atoms with Crippen molar-refractivity contribution >= 4 is 17.8 Å². The predicted molar refractivity (Wildman–Crippen MR) is 132 cm³/mol. The first-order valence-corrected chi connectivity index (χ1v) is 12.4. The van der Waals surface area contributed by atoms with Crippen molar-refractivity contribution in [2.45, 2.75) is 49.4 Å². The monoisotopic (exact) mass is 534 g/mol. The Hall–Kier alpha value is -3.63. The third kappa shape index (κ3) is 6.08. The zero-order chi connectivity index (χ0) is 27.6. The number of urea groups is 1. The van der Waals surface area contributed by atoms with E-state index in [4.69, 9.17) is 0 Å². The number of likely N-dealkylation sites (tertiary alicyclic amines) is 1. The fourth-order valence-electron chi connectivity index (χ4n) is 4.90. The Bertz CT molecular complexity index is 1190.